The average Bonchev–Trinajstić information content (AvgIpc) is 2.96. The van der Waals surface area contributed by atoms with Crippen LogP contribution < -0.4 is 5.32 Å². The van der Waals surface area contributed by atoms with Crippen LogP contribution in [0, 0.1) is 0 Å². The molecule has 2 N–H and O–H groups in total. The number of aryl methyl sites for hydroxylation is 1. The molecule has 3 nitrogen and oxygen atoms in total. The molecule has 2 aromatic rings. The van der Waals surface area contributed by atoms with Crippen molar-refractivity contribution in [1.82, 2.24) is 4.98 Å². The Balaban J connectivity index is 2.04. The van der Waals surface area contributed by atoms with Crippen LogP contribution in [0.5, 0.6) is 0 Å². The maximum atomic E-state index is 11.9. The first-order chi connectivity index (χ1) is 8.78. The number of hydrogen-bond donors (Lipinski definition) is 2. The Hall–Kier alpha value is -2.29. The summed E-state index contributed by atoms with van der Waals surface area (Å²) in [6.45, 7) is 2.11. The van der Waals surface area contributed by atoms with E-state index in [2.05, 4.69) is 23.3 Å². The monoisotopic (exact) mass is 238 g/mol. The minimum absolute atomic E-state index is 0.0381. The third-order valence-corrected chi connectivity index (χ3v) is 3.18. The van der Waals surface area contributed by atoms with Gasteiger partial charge in [0.05, 0.1) is 5.57 Å². The molecule has 1 amide bonds. The van der Waals surface area contributed by atoms with Crippen molar-refractivity contribution in [3.8, 4) is 0 Å². The van der Waals surface area contributed by atoms with Crippen LogP contribution in [0.4, 0.5) is 5.69 Å². The third kappa shape index (κ3) is 1.74. The summed E-state index contributed by atoms with van der Waals surface area (Å²) in [5, 5.41) is 2.87. The van der Waals surface area contributed by atoms with Crippen LogP contribution >= 0.6 is 0 Å². The van der Waals surface area contributed by atoms with Crippen molar-refractivity contribution < 1.29 is 4.79 Å². The number of rotatable bonds is 2. The highest BCUT2D eigenvalue weighted by atomic mass is 16.2. The fourth-order valence-corrected chi connectivity index (χ4v) is 2.18. The predicted molar refractivity (Wildman–Crippen MR) is 73.1 cm³/mol. The highest BCUT2D eigenvalue weighted by Gasteiger charge is 2.23. The van der Waals surface area contributed by atoms with Gasteiger partial charge in [-0.3, -0.25) is 4.79 Å². The molecule has 1 aromatic heterocycles. The van der Waals surface area contributed by atoms with E-state index in [0.29, 0.717) is 0 Å². The number of benzene rings is 1. The topological polar surface area (TPSA) is 44.9 Å². The molecule has 0 radical (unpaired) electrons. The molecule has 1 aliphatic heterocycles. The first kappa shape index (κ1) is 10.8. The molecule has 0 aliphatic carbocycles. The van der Waals surface area contributed by atoms with E-state index in [1.807, 2.05) is 36.5 Å². The van der Waals surface area contributed by atoms with Crippen LogP contribution in [0.15, 0.2) is 36.5 Å². The number of carbonyl (C=O) groups excluding carboxylic acids is 1. The summed E-state index contributed by atoms with van der Waals surface area (Å²) in [6, 6.07) is 9.81. The van der Waals surface area contributed by atoms with Crippen molar-refractivity contribution in [3.63, 3.8) is 0 Å². The molecule has 0 atom stereocenters. The lowest BCUT2D eigenvalue weighted by Gasteiger charge is -1.96. The molecule has 90 valence electrons. The molecule has 1 aliphatic rings. The van der Waals surface area contributed by atoms with Crippen LogP contribution in [0.3, 0.4) is 0 Å². The van der Waals surface area contributed by atoms with E-state index in [1.165, 1.54) is 5.56 Å². The predicted octanol–water partition coefficient (Wildman–Crippen LogP) is 3.07. The number of para-hydroxylation sites is 1. The van der Waals surface area contributed by atoms with Crippen LogP contribution in [0.25, 0.3) is 11.6 Å². The van der Waals surface area contributed by atoms with Crippen molar-refractivity contribution in [1.29, 1.82) is 0 Å². The zero-order chi connectivity index (χ0) is 12.5. The summed E-state index contributed by atoms with van der Waals surface area (Å²) < 4.78 is 0. The Morgan fingerprint density at radius 2 is 2.11 bits per heavy atom. The van der Waals surface area contributed by atoms with E-state index in [9.17, 15) is 4.79 Å². The molecular weight excluding hydrogens is 224 g/mol. The minimum Gasteiger partial charge on any atom is -0.361 e. The maximum absolute atomic E-state index is 11.9. The largest absolute Gasteiger partial charge is 0.361 e. The van der Waals surface area contributed by atoms with Crippen LogP contribution in [0.2, 0.25) is 0 Å². The molecule has 3 heteroatoms. The molecule has 3 rings (SSSR count). The number of carbonyl (C=O) groups is 1. The molecule has 2 heterocycles. The van der Waals surface area contributed by atoms with Gasteiger partial charge in [0, 0.05) is 23.1 Å². The molecule has 0 saturated carbocycles. The first-order valence-electron chi connectivity index (χ1n) is 6.07. The van der Waals surface area contributed by atoms with Gasteiger partial charge >= 0.3 is 0 Å². The molecule has 0 fully saturated rings. The quantitative estimate of drug-likeness (QED) is 0.776. The van der Waals surface area contributed by atoms with Crippen molar-refractivity contribution in [2.24, 2.45) is 0 Å². The number of amides is 1. The van der Waals surface area contributed by atoms with E-state index in [0.717, 1.165) is 28.9 Å². The van der Waals surface area contributed by atoms with Gasteiger partial charge in [0.2, 0.25) is 0 Å². The first-order valence-corrected chi connectivity index (χ1v) is 6.07. The van der Waals surface area contributed by atoms with Crippen molar-refractivity contribution >= 4 is 23.2 Å². The van der Waals surface area contributed by atoms with Gasteiger partial charge in [0.15, 0.2) is 0 Å². The van der Waals surface area contributed by atoms with Gasteiger partial charge in [-0.05, 0) is 30.2 Å². The molecule has 18 heavy (non-hydrogen) atoms. The summed E-state index contributed by atoms with van der Waals surface area (Å²) in [5.74, 6) is -0.0381. The van der Waals surface area contributed by atoms with E-state index in [4.69, 9.17) is 0 Å². The van der Waals surface area contributed by atoms with Crippen molar-refractivity contribution in [3.05, 3.63) is 53.3 Å². The molecule has 0 bridgehead atoms. The number of anilines is 1. The average molecular weight is 238 g/mol. The minimum atomic E-state index is -0.0381. The summed E-state index contributed by atoms with van der Waals surface area (Å²) in [6.07, 6.45) is 4.87. The molecule has 0 unspecified atom stereocenters. The van der Waals surface area contributed by atoms with Crippen LogP contribution in [-0.4, -0.2) is 10.9 Å². The van der Waals surface area contributed by atoms with E-state index in [1.54, 1.807) is 0 Å². The number of hydrogen-bond acceptors (Lipinski definition) is 1. The Bertz CT molecular complexity index is 637. The Kier molecular flexibility index (Phi) is 2.52. The van der Waals surface area contributed by atoms with E-state index in [-0.39, 0.29) is 5.91 Å². The van der Waals surface area contributed by atoms with Gasteiger partial charge in [-0.15, -0.1) is 0 Å². The van der Waals surface area contributed by atoms with Gasteiger partial charge in [-0.2, -0.15) is 0 Å². The summed E-state index contributed by atoms with van der Waals surface area (Å²) >= 11 is 0. The second-order valence-corrected chi connectivity index (χ2v) is 4.37. The standard InChI is InChI=1S/C15H14N2O/c1-2-10-7-11(16-9-10)8-13-12-5-3-4-6-14(12)17-15(13)18/h3-9,16H,2H2,1H3,(H,17,18)/b13-8-. The normalized spacial score (nSPS) is 15.8. The van der Waals surface area contributed by atoms with Crippen LogP contribution in [0.1, 0.15) is 23.7 Å². The number of aromatic nitrogens is 1. The fourth-order valence-electron chi connectivity index (χ4n) is 2.18. The second-order valence-electron chi connectivity index (χ2n) is 4.37. The summed E-state index contributed by atoms with van der Waals surface area (Å²) in [5.41, 5.74) is 4.78. The van der Waals surface area contributed by atoms with Gasteiger partial charge in [-0.1, -0.05) is 25.1 Å². The van der Waals surface area contributed by atoms with Crippen LogP contribution in [-0.2, 0) is 11.2 Å². The zero-order valence-corrected chi connectivity index (χ0v) is 10.2. The number of H-pyrrole nitrogens is 1. The highest BCUT2D eigenvalue weighted by molar-refractivity contribution is 6.34. The van der Waals surface area contributed by atoms with Gasteiger partial charge in [0.25, 0.3) is 5.91 Å². The smallest absolute Gasteiger partial charge is 0.256 e. The number of fused-ring (bicyclic) bond motifs is 1. The molecule has 0 saturated heterocycles. The third-order valence-electron chi connectivity index (χ3n) is 3.18. The lowest BCUT2D eigenvalue weighted by molar-refractivity contribution is -0.110. The number of aromatic amines is 1. The summed E-state index contributed by atoms with van der Waals surface area (Å²) in [7, 11) is 0. The van der Waals surface area contributed by atoms with Crippen molar-refractivity contribution in [2.45, 2.75) is 13.3 Å². The lowest BCUT2D eigenvalue weighted by Crippen LogP contribution is -2.03. The SMILES string of the molecule is CCc1c[nH]c(/C=C2\C(=O)Nc3ccccc32)c1. The Morgan fingerprint density at radius 3 is 2.89 bits per heavy atom. The Morgan fingerprint density at radius 1 is 1.28 bits per heavy atom. The lowest BCUT2D eigenvalue weighted by atomic mass is 10.1. The fraction of sp³-hybridized carbons (Fsp3) is 0.133. The maximum Gasteiger partial charge on any atom is 0.256 e. The van der Waals surface area contributed by atoms with E-state index < -0.39 is 0 Å². The highest BCUT2D eigenvalue weighted by Crippen LogP contribution is 2.32. The Labute approximate surface area is 106 Å². The van der Waals surface area contributed by atoms with E-state index >= 15 is 0 Å². The number of nitrogens with one attached hydrogen (secondary N) is 2. The second kappa shape index (κ2) is 4.18. The molecular formula is C15H14N2O. The van der Waals surface area contributed by atoms with Gasteiger partial charge in [-0.25, -0.2) is 0 Å². The van der Waals surface area contributed by atoms with Crippen molar-refractivity contribution in [2.75, 3.05) is 5.32 Å². The zero-order valence-electron chi connectivity index (χ0n) is 10.2. The molecule has 1 aromatic carbocycles. The van der Waals surface area contributed by atoms with Gasteiger partial charge < -0.3 is 10.3 Å². The van der Waals surface area contributed by atoms with Gasteiger partial charge in [0.1, 0.15) is 0 Å². The summed E-state index contributed by atoms with van der Waals surface area (Å²) in [4.78, 5) is 15.1. The molecule has 0 spiro atoms.